The van der Waals surface area contributed by atoms with Gasteiger partial charge in [0.05, 0.1) is 5.92 Å². The highest BCUT2D eigenvalue weighted by atomic mass is 32.2. The largest absolute Gasteiger partial charge is 0.481 e. The molecule has 0 aromatic carbocycles. The topological polar surface area (TPSA) is 69.6 Å². The molecule has 0 spiro atoms. The number of hydrogen-bond donors (Lipinski definition) is 2. The fourth-order valence-electron chi connectivity index (χ4n) is 2.37. The van der Waals surface area contributed by atoms with Crippen molar-refractivity contribution in [2.45, 2.75) is 44.7 Å². The van der Waals surface area contributed by atoms with Crippen LogP contribution in [0.5, 0.6) is 0 Å². The molecule has 0 aliphatic heterocycles. The number of hydrogen-bond acceptors (Lipinski definition) is 3. The minimum absolute atomic E-state index is 0.160. The van der Waals surface area contributed by atoms with Crippen molar-refractivity contribution >= 4 is 23.8 Å². The lowest BCUT2D eigenvalue weighted by atomic mass is 10.0. The molecule has 2 N–H and O–H groups in total. The van der Waals surface area contributed by atoms with Gasteiger partial charge in [-0.1, -0.05) is 6.42 Å². The predicted octanol–water partition coefficient (Wildman–Crippen LogP) is 2.02. The highest BCUT2D eigenvalue weighted by Gasteiger charge is 2.34. The summed E-state index contributed by atoms with van der Waals surface area (Å²) < 4.78 is 0. The summed E-state index contributed by atoms with van der Waals surface area (Å²) in [5, 5.41) is 12.0. The van der Waals surface area contributed by atoms with Crippen molar-refractivity contribution < 1.29 is 14.7 Å². The number of thioether (sulfide) groups is 1. The Balaban J connectivity index is 2.47. The van der Waals surface area contributed by atoms with Crippen molar-refractivity contribution in [3.8, 4) is 0 Å². The van der Waals surface area contributed by atoms with Crippen molar-refractivity contribution in [2.24, 2.45) is 5.92 Å². The van der Waals surface area contributed by atoms with Crippen LogP contribution < -0.4 is 5.32 Å². The average Bonchev–Trinajstić information content (AvgIpc) is 2.83. The van der Waals surface area contributed by atoms with Gasteiger partial charge in [0, 0.05) is 19.1 Å². The Bertz CT molecular complexity index is 325. The Morgan fingerprint density at radius 2 is 2.16 bits per heavy atom. The first-order valence-corrected chi connectivity index (χ1v) is 8.11. The molecular formula is C13H24N2O3S. The molecule has 1 rings (SSSR count). The molecule has 0 aromatic heterocycles. The van der Waals surface area contributed by atoms with Crippen LogP contribution in [0.3, 0.4) is 0 Å². The molecule has 0 heterocycles. The first-order chi connectivity index (χ1) is 8.97. The summed E-state index contributed by atoms with van der Waals surface area (Å²) in [7, 11) is 1.77. The van der Waals surface area contributed by atoms with E-state index < -0.39 is 11.9 Å². The van der Waals surface area contributed by atoms with Crippen LogP contribution in [0, 0.1) is 5.92 Å². The Labute approximate surface area is 119 Å². The van der Waals surface area contributed by atoms with Gasteiger partial charge >= 0.3 is 12.0 Å². The third-order valence-corrected chi connectivity index (χ3v) is 4.51. The maximum absolute atomic E-state index is 12.1. The third-order valence-electron chi connectivity index (χ3n) is 3.86. The van der Waals surface area contributed by atoms with Crippen LogP contribution >= 0.6 is 11.8 Å². The molecule has 3 unspecified atom stereocenters. The summed E-state index contributed by atoms with van der Waals surface area (Å²) in [5.41, 5.74) is 0. The van der Waals surface area contributed by atoms with Crippen LogP contribution in [0.2, 0.25) is 0 Å². The van der Waals surface area contributed by atoms with E-state index in [0.717, 1.165) is 25.0 Å². The number of carboxylic acids is 1. The van der Waals surface area contributed by atoms with Crippen molar-refractivity contribution in [3.05, 3.63) is 0 Å². The van der Waals surface area contributed by atoms with E-state index in [1.807, 2.05) is 13.2 Å². The van der Waals surface area contributed by atoms with Gasteiger partial charge in [-0.2, -0.15) is 11.8 Å². The lowest BCUT2D eigenvalue weighted by Gasteiger charge is -2.28. The second kappa shape index (κ2) is 7.62. The van der Waals surface area contributed by atoms with Gasteiger partial charge < -0.3 is 15.3 Å². The second-order valence-electron chi connectivity index (χ2n) is 5.17. The number of rotatable bonds is 6. The third kappa shape index (κ3) is 4.60. The first kappa shape index (κ1) is 16.1. The molecule has 1 fully saturated rings. The van der Waals surface area contributed by atoms with Crippen molar-refractivity contribution in [1.82, 2.24) is 10.2 Å². The van der Waals surface area contributed by atoms with Crippen LogP contribution in [-0.4, -0.2) is 53.1 Å². The maximum Gasteiger partial charge on any atom is 0.317 e. The lowest BCUT2D eigenvalue weighted by Crippen LogP contribution is -2.48. The Morgan fingerprint density at radius 1 is 1.47 bits per heavy atom. The van der Waals surface area contributed by atoms with Gasteiger partial charge in [0.15, 0.2) is 0 Å². The summed E-state index contributed by atoms with van der Waals surface area (Å²) in [4.78, 5) is 24.8. The standard InChI is InChI=1S/C13H24N2O3S/c1-9(7-8-19-3)15(2)13(18)14-11-6-4-5-10(11)12(16)17/h9-11H,4-8H2,1-3H3,(H,14,18)(H,16,17). The first-order valence-electron chi connectivity index (χ1n) is 6.72. The van der Waals surface area contributed by atoms with Gasteiger partial charge in [-0.15, -0.1) is 0 Å². The van der Waals surface area contributed by atoms with Gasteiger partial charge in [-0.25, -0.2) is 4.79 Å². The Hall–Kier alpha value is -0.910. The number of carbonyl (C=O) groups is 2. The fourth-order valence-corrected chi connectivity index (χ4v) is 2.95. The molecule has 1 saturated carbocycles. The van der Waals surface area contributed by atoms with Gasteiger partial charge in [0.1, 0.15) is 0 Å². The number of aliphatic carboxylic acids is 1. The average molecular weight is 288 g/mol. The molecule has 19 heavy (non-hydrogen) atoms. The van der Waals surface area contributed by atoms with Crippen LogP contribution in [0.1, 0.15) is 32.6 Å². The summed E-state index contributed by atoms with van der Waals surface area (Å²) in [6.45, 7) is 2.01. The van der Waals surface area contributed by atoms with E-state index >= 15 is 0 Å². The number of amides is 2. The highest BCUT2D eigenvalue weighted by molar-refractivity contribution is 7.98. The minimum atomic E-state index is -0.805. The van der Waals surface area contributed by atoms with Crippen molar-refractivity contribution in [3.63, 3.8) is 0 Å². The van der Waals surface area contributed by atoms with Gasteiger partial charge in [-0.05, 0) is 38.2 Å². The van der Waals surface area contributed by atoms with Crippen molar-refractivity contribution in [1.29, 1.82) is 0 Å². The summed E-state index contributed by atoms with van der Waals surface area (Å²) in [6.07, 6.45) is 5.27. The SMILES string of the molecule is CSCCC(C)N(C)C(=O)NC1CCCC1C(=O)O. The molecule has 0 bridgehead atoms. The zero-order chi connectivity index (χ0) is 14.4. The van der Waals surface area contributed by atoms with Gasteiger partial charge in [-0.3, -0.25) is 4.79 Å². The summed E-state index contributed by atoms with van der Waals surface area (Å²) in [5.74, 6) is -0.222. The molecule has 2 amide bonds. The summed E-state index contributed by atoms with van der Waals surface area (Å²) >= 11 is 1.76. The summed E-state index contributed by atoms with van der Waals surface area (Å²) in [6, 6.07) is -0.218. The molecule has 0 aromatic rings. The van der Waals surface area contributed by atoms with Crippen LogP contribution in [0.25, 0.3) is 0 Å². The van der Waals surface area contributed by atoms with Crippen molar-refractivity contribution in [2.75, 3.05) is 19.1 Å². The van der Waals surface area contributed by atoms with E-state index in [2.05, 4.69) is 5.32 Å². The predicted molar refractivity (Wildman–Crippen MR) is 77.5 cm³/mol. The molecule has 6 heteroatoms. The van der Waals surface area contributed by atoms with Gasteiger partial charge in [0.2, 0.25) is 0 Å². The maximum atomic E-state index is 12.1. The molecule has 1 aliphatic rings. The van der Waals surface area contributed by atoms with E-state index in [1.165, 1.54) is 0 Å². The number of carboxylic acid groups (broad SMARTS) is 1. The number of carbonyl (C=O) groups excluding carboxylic acids is 1. The lowest BCUT2D eigenvalue weighted by molar-refractivity contribution is -0.142. The van der Waals surface area contributed by atoms with E-state index in [0.29, 0.717) is 6.42 Å². The monoisotopic (exact) mass is 288 g/mol. The second-order valence-corrected chi connectivity index (χ2v) is 6.16. The molecule has 1 aliphatic carbocycles. The van der Waals surface area contributed by atoms with Crippen LogP contribution in [0.15, 0.2) is 0 Å². The van der Waals surface area contributed by atoms with E-state index in [-0.39, 0.29) is 18.1 Å². The van der Waals surface area contributed by atoms with E-state index in [4.69, 9.17) is 5.11 Å². The fraction of sp³-hybridized carbons (Fsp3) is 0.846. The zero-order valence-electron chi connectivity index (χ0n) is 11.9. The minimum Gasteiger partial charge on any atom is -0.481 e. The Kier molecular flexibility index (Phi) is 6.48. The van der Waals surface area contributed by atoms with Crippen LogP contribution in [0.4, 0.5) is 4.79 Å². The molecular weight excluding hydrogens is 264 g/mol. The van der Waals surface area contributed by atoms with E-state index in [1.54, 1.807) is 23.7 Å². The normalized spacial score (nSPS) is 23.9. The smallest absolute Gasteiger partial charge is 0.317 e. The quantitative estimate of drug-likeness (QED) is 0.784. The van der Waals surface area contributed by atoms with Crippen LogP contribution in [-0.2, 0) is 4.79 Å². The zero-order valence-corrected chi connectivity index (χ0v) is 12.7. The number of urea groups is 1. The Morgan fingerprint density at radius 3 is 2.74 bits per heavy atom. The number of nitrogens with one attached hydrogen (secondary N) is 1. The molecule has 5 nitrogen and oxygen atoms in total. The molecule has 0 saturated heterocycles. The van der Waals surface area contributed by atoms with Gasteiger partial charge in [0.25, 0.3) is 0 Å². The number of nitrogens with zero attached hydrogens (tertiary/aromatic N) is 1. The molecule has 110 valence electrons. The highest BCUT2D eigenvalue weighted by Crippen LogP contribution is 2.26. The van der Waals surface area contributed by atoms with E-state index in [9.17, 15) is 9.59 Å². The molecule has 0 radical (unpaired) electrons. The molecule has 3 atom stereocenters.